The number of aromatic nitrogens is 2. The second-order valence-corrected chi connectivity index (χ2v) is 8.25. The lowest BCUT2D eigenvalue weighted by Crippen LogP contribution is -2.51. The van der Waals surface area contributed by atoms with E-state index in [0.29, 0.717) is 31.9 Å². The first-order chi connectivity index (χ1) is 13.1. The van der Waals surface area contributed by atoms with Gasteiger partial charge in [0.25, 0.3) is 5.91 Å². The van der Waals surface area contributed by atoms with Crippen molar-refractivity contribution in [1.29, 1.82) is 0 Å². The molecule has 4 rings (SSSR count). The normalized spacial score (nSPS) is 25.3. The van der Waals surface area contributed by atoms with Crippen LogP contribution in [0.15, 0.2) is 0 Å². The van der Waals surface area contributed by atoms with E-state index in [2.05, 4.69) is 5.10 Å². The highest BCUT2D eigenvalue weighted by Gasteiger charge is 2.49. The molecule has 0 saturated carbocycles. The van der Waals surface area contributed by atoms with Crippen LogP contribution in [0.2, 0.25) is 0 Å². The molecule has 1 aliphatic carbocycles. The molecule has 1 aromatic heterocycles. The van der Waals surface area contributed by atoms with Crippen LogP contribution in [0.1, 0.15) is 53.8 Å². The topological polar surface area (TPSA) is 67.7 Å². The van der Waals surface area contributed by atoms with Crippen molar-refractivity contribution in [1.82, 2.24) is 19.6 Å². The van der Waals surface area contributed by atoms with Gasteiger partial charge in [-0.1, -0.05) is 0 Å². The van der Waals surface area contributed by atoms with E-state index in [4.69, 9.17) is 4.74 Å². The van der Waals surface area contributed by atoms with Gasteiger partial charge in [0.15, 0.2) is 5.69 Å². The van der Waals surface area contributed by atoms with Gasteiger partial charge in [0, 0.05) is 51.6 Å². The molecule has 2 saturated heterocycles. The van der Waals surface area contributed by atoms with Gasteiger partial charge in [0.05, 0.1) is 12.0 Å². The van der Waals surface area contributed by atoms with Gasteiger partial charge in [-0.05, 0) is 44.9 Å². The van der Waals surface area contributed by atoms with Crippen molar-refractivity contribution in [3.63, 3.8) is 0 Å². The number of carbonyl (C=O) groups excluding carboxylic acids is 2. The maximum atomic E-state index is 13.2. The molecule has 0 aromatic carbocycles. The SMILES string of the molecule is COCCN1CCCC2(CCN(C(=O)c3nn(C)c4c3CCCC4)C2)C1=O. The van der Waals surface area contributed by atoms with E-state index in [9.17, 15) is 9.59 Å². The fraction of sp³-hybridized carbons (Fsp3) is 0.750. The summed E-state index contributed by atoms with van der Waals surface area (Å²) in [5, 5.41) is 4.56. The number of methoxy groups -OCH3 is 1. The third-order valence-corrected chi connectivity index (χ3v) is 6.60. The van der Waals surface area contributed by atoms with E-state index in [-0.39, 0.29) is 11.8 Å². The molecule has 7 heteroatoms. The summed E-state index contributed by atoms with van der Waals surface area (Å²) in [7, 11) is 3.60. The Morgan fingerprint density at radius 2 is 2.00 bits per heavy atom. The number of hydrogen-bond donors (Lipinski definition) is 0. The Labute approximate surface area is 160 Å². The smallest absolute Gasteiger partial charge is 0.274 e. The van der Waals surface area contributed by atoms with Crippen molar-refractivity contribution in [2.24, 2.45) is 12.5 Å². The average molecular weight is 374 g/mol. The van der Waals surface area contributed by atoms with Crippen LogP contribution in [0.5, 0.6) is 0 Å². The fourth-order valence-electron chi connectivity index (χ4n) is 5.09. The number of hydrogen-bond acceptors (Lipinski definition) is 4. The zero-order valence-electron chi connectivity index (χ0n) is 16.5. The number of ether oxygens (including phenoxy) is 1. The van der Waals surface area contributed by atoms with Crippen LogP contribution in [0.25, 0.3) is 0 Å². The molecule has 1 aromatic rings. The summed E-state index contributed by atoms with van der Waals surface area (Å²) in [4.78, 5) is 30.1. The molecule has 3 heterocycles. The number of likely N-dealkylation sites (tertiary alicyclic amines) is 2. The molecule has 3 aliphatic rings. The Balaban J connectivity index is 1.51. The molecule has 1 atom stereocenters. The van der Waals surface area contributed by atoms with Crippen LogP contribution in [0, 0.1) is 5.41 Å². The molecule has 27 heavy (non-hydrogen) atoms. The summed E-state index contributed by atoms with van der Waals surface area (Å²) in [6, 6.07) is 0. The van der Waals surface area contributed by atoms with E-state index in [1.54, 1.807) is 7.11 Å². The number of piperidine rings is 1. The first kappa shape index (κ1) is 18.5. The summed E-state index contributed by atoms with van der Waals surface area (Å²) < 4.78 is 7.03. The minimum atomic E-state index is -0.406. The zero-order valence-corrected chi connectivity index (χ0v) is 16.5. The zero-order chi connectivity index (χ0) is 19.0. The minimum absolute atomic E-state index is 0.00689. The molecule has 0 N–H and O–H groups in total. The number of rotatable bonds is 4. The molecule has 2 fully saturated rings. The van der Waals surface area contributed by atoms with Gasteiger partial charge in [0.1, 0.15) is 0 Å². The predicted molar refractivity (Wildman–Crippen MR) is 100 cm³/mol. The first-order valence-electron chi connectivity index (χ1n) is 10.2. The minimum Gasteiger partial charge on any atom is -0.383 e. The molecule has 148 valence electrons. The first-order valence-corrected chi connectivity index (χ1v) is 10.2. The van der Waals surface area contributed by atoms with Crippen molar-refractivity contribution in [3.8, 4) is 0 Å². The lowest BCUT2D eigenvalue weighted by Gasteiger charge is -2.39. The molecular formula is C20H30N4O3. The third kappa shape index (κ3) is 3.16. The highest BCUT2D eigenvalue weighted by Crippen LogP contribution is 2.40. The molecule has 1 spiro atoms. The monoisotopic (exact) mass is 374 g/mol. The summed E-state index contributed by atoms with van der Waals surface area (Å²) in [5.74, 6) is 0.205. The number of carbonyl (C=O) groups is 2. The Hall–Kier alpha value is -1.89. The van der Waals surface area contributed by atoms with Crippen molar-refractivity contribution in [2.45, 2.75) is 44.9 Å². The number of amides is 2. The van der Waals surface area contributed by atoms with Gasteiger partial charge >= 0.3 is 0 Å². The second kappa shape index (κ2) is 7.26. The Morgan fingerprint density at radius 1 is 1.19 bits per heavy atom. The lowest BCUT2D eigenvalue weighted by atomic mass is 9.78. The molecule has 7 nitrogen and oxygen atoms in total. The van der Waals surface area contributed by atoms with Gasteiger partial charge in [-0.15, -0.1) is 0 Å². The molecule has 2 amide bonds. The van der Waals surface area contributed by atoms with Gasteiger partial charge in [-0.3, -0.25) is 14.3 Å². The van der Waals surface area contributed by atoms with Crippen molar-refractivity contribution >= 4 is 11.8 Å². The van der Waals surface area contributed by atoms with Gasteiger partial charge in [0.2, 0.25) is 5.91 Å². The largest absolute Gasteiger partial charge is 0.383 e. The van der Waals surface area contributed by atoms with Crippen LogP contribution >= 0.6 is 0 Å². The fourth-order valence-corrected chi connectivity index (χ4v) is 5.09. The Kier molecular flexibility index (Phi) is 4.97. The van der Waals surface area contributed by atoms with Crippen molar-refractivity contribution in [2.75, 3.05) is 39.9 Å². The standard InChI is InChI=1S/C20H30N4O3/c1-22-16-7-4-3-6-15(16)17(21-22)18(25)24-11-9-20(14-24)8-5-10-23(19(20)26)12-13-27-2/h3-14H2,1-2H3. The lowest BCUT2D eigenvalue weighted by molar-refractivity contribution is -0.146. The van der Waals surface area contributed by atoms with E-state index in [1.807, 2.05) is 21.5 Å². The maximum absolute atomic E-state index is 13.2. The number of nitrogens with zero attached hydrogens (tertiary/aromatic N) is 4. The Morgan fingerprint density at radius 3 is 2.81 bits per heavy atom. The van der Waals surface area contributed by atoms with Crippen LogP contribution in [-0.4, -0.2) is 71.3 Å². The Bertz CT molecular complexity index is 744. The highest BCUT2D eigenvalue weighted by molar-refractivity contribution is 5.95. The molecule has 1 unspecified atom stereocenters. The number of aryl methyl sites for hydroxylation is 1. The molecular weight excluding hydrogens is 344 g/mol. The molecule has 2 aliphatic heterocycles. The van der Waals surface area contributed by atoms with Crippen LogP contribution in [-0.2, 0) is 29.4 Å². The van der Waals surface area contributed by atoms with E-state index in [0.717, 1.165) is 50.6 Å². The summed E-state index contributed by atoms with van der Waals surface area (Å²) in [6.07, 6.45) is 6.86. The molecule has 0 radical (unpaired) electrons. The summed E-state index contributed by atoms with van der Waals surface area (Å²) in [6.45, 7) is 3.17. The quantitative estimate of drug-likeness (QED) is 0.799. The van der Waals surface area contributed by atoms with Gasteiger partial charge in [-0.25, -0.2) is 0 Å². The van der Waals surface area contributed by atoms with Crippen molar-refractivity contribution < 1.29 is 14.3 Å². The van der Waals surface area contributed by atoms with Gasteiger partial charge < -0.3 is 14.5 Å². The second-order valence-electron chi connectivity index (χ2n) is 8.25. The maximum Gasteiger partial charge on any atom is 0.274 e. The summed E-state index contributed by atoms with van der Waals surface area (Å²) >= 11 is 0. The van der Waals surface area contributed by atoms with Crippen LogP contribution in [0.3, 0.4) is 0 Å². The average Bonchev–Trinajstić information content (AvgIpc) is 3.26. The predicted octanol–water partition coefficient (Wildman–Crippen LogP) is 1.40. The molecule has 0 bridgehead atoms. The third-order valence-electron chi connectivity index (χ3n) is 6.60. The van der Waals surface area contributed by atoms with Crippen LogP contribution in [0.4, 0.5) is 0 Å². The summed E-state index contributed by atoms with van der Waals surface area (Å²) in [5.41, 5.74) is 2.55. The van der Waals surface area contributed by atoms with Crippen LogP contribution < -0.4 is 0 Å². The van der Waals surface area contributed by atoms with E-state index < -0.39 is 5.41 Å². The number of fused-ring (bicyclic) bond motifs is 1. The van der Waals surface area contributed by atoms with Gasteiger partial charge in [-0.2, -0.15) is 5.10 Å². The van der Waals surface area contributed by atoms with E-state index >= 15 is 0 Å². The highest BCUT2D eigenvalue weighted by atomic mass is 16.5. The van der Waals surface area contributed by atoms with E-state index in [1.165, 1.54) is 12.1 Å². The van der Waals surface area contributed by atoms with Crippen molar-refractivity contribution in [3.05, 3.63) is 17.0 Å².